The van der Waals surface area contributed by atoms with Crippen LogP contribution in [0.15, 0.2) is 79.0 Å². The highest BCUT2D eigenvalue weighted by Crippen LogP contribution is 2.24. The second-order valence-corrected chi connectivity index (χ2v) is 6.25. The van der Waals surface area contributed by atoms with Gasteiger partial charge in [-0.15, -0.1) is 0 Å². The molecule has 0 atom stereocenters. The minimum atomic E-state index is -0.0881. The molecule has 0 spiro atoms. The minimum Gasteiger partial charge on any atom is -0.346 e. The first-order valence-corrected chi connectivity index (χ1v) is 8.58. The first-order valence-electron chi connectivity index (χ1n) is 8.58. The third-order valence-electron chi connectivity index (χ3n) is 4.41. The van der Waals surface area contributed by atoms with Crippen molar-refractivity contribution in [2.75, 3.05) is 0 Å². The number of fused-ring (bicyclic) bond motifs is 1. The highest BCUT2D eigenvalue weighted by atomic mass is 16.1. The van der Waals surface area contributed by atoms with Gasteiger partial charge in [-0.3, -0.25) is 4.79 Å². The van der Waals surface area contributed by atoms with Gasteiger partial charge in [0.2, 0.25) is 0 Å². The Kier molecular flexibility index (Phi) is 4.23. The summed E-state index contributed by atoms with van der Waals surface area (Å²) >= 11 is 0. The number of pyridine rings is 1. The van der Waals surface area contributed by atoms with Gasteiger partial charge in [-0.05, 0) is 31.2 Å². The maximum Gasteiger partial charge on any atom is 0.251 e. The maximum atomic E-state index is 12.5. The molecule has 0 aliphatic heterocycles. The number of benzene rings is 2. The number of aryl methyl sites for hydroxylation is 1. The molecule has 26 heavy (non-hydrogen) atoms. The van der Waals surface area contributed by atoms with E-state index in [9.17, 15) is 4.79 Å². The van der Waals surface area contributed by atoms with Crippen LogP contribution in [0.2, 0.25) is 0 Å². The number of hydrogen-bond acceptors (Lipinski definition) is 2. The van der Waals surface area contributed by atoms with Crippen molar-refractivity contribution in [1.29, 1.82) is 0 Å². The molecule has 128 valence electrons. The Morgan fingerprint density at radius 2 is 1.69 bits per heavy atom. The second-order valence-electron chi connectivity index (χ2n) is 6.25. The Hall–Kier alpha value is -3.40. The third kappa shape index (κ3) is 3.09. The van der Waals surface area contributed by atoms with Crippen LogP contribution in [-0.4, -0.2) is 15.3 Å². The third-order valence-corrected chi connectivity index (χ3v) is 4.41. The minimum absolute atomic E-state index is 0.0881. The number of nitrogens with zero attached hydrogens (tertiary/aromatic N) is 2. The van der Waals surface area contributed by atoms with E-state index in [4.69, 9.17) is 4.98 Å². The van der Waals surface area contributed by atoms with Crippen molar-refractivity contribution < 1.29 is 4.79 Å². The number of rotatable bonds is 4. The summed E-state index contributed by atoms with van der Waals surface area (Å²) in [6.45, 7) is 2.41. The van der Waals surface area contributed by atoms with E-state index >= 15 is 0 Å². The van der Waals surface area contributed by atoms with E-state index in [-0.39, 0.29) is 5.91 Å². The summed E-state index contributed by atoms with van der Waals surface area (Å²) in [5.74, 6) is -0.0881. The predicted octanol–water partition coefficient (Wildman–Crippen LogP) is 4.24. The second kappa shape index (κ2) is 6.84. The molecule has 2 heterocycles. The average molecular weight is 341 g/mol. The SMILES string of the molecule is Cc1ccc(C(=O)NCc2c(-c3ccccc3)nc3ccccn23)cc1. The largest absolute Gasteiger partial charge is 0.346 e. The van der Waals surface area contributed by atoms with Crippen molar-refractivity contribution in [1.82, 2.24) is 14.7 Å². The van der Waals surface area contributed by atoms with E-state index in [1.165, 1.54) is 0 Å². The van der Waals surface area contributed by atoms with E-state index in [0.717, 1.165) is 28.2 Å². The van der Waals surface area contributed by atoms with Crippen LogP contribution >= 0.6 is 0 Å². The fraction of sp³-hybridized carbons (Fsp3) is 0.0909. The quantitative estimate of drug-likeness (QED) is 0.603. The highest BCUT2D eigenvalue weighted by molar-refractivity contribution is 5.94. The van der Waals surface area contributed by atoms with Gasteiger partial charge in [-0.2, -0.15) is 0 Å². The fourth-order valence-electron chi connectivity index (χ4n) is 3.01. The lowest BCUT2D eigenvalue weighted by molar-refractivity contribution is 0.0950. The number of amides is 1. The standard InChI is InChI=1S/C22H19N3O/c1-16-10-12-18(13-11-16)22(26)23-15-19-21(17-7-3-2-4-8-17)24-20-9-5-6-14-25(19)20/h2-14H,15H2,1H3,(H,23,26). The van der Waals surface area contributed by atoms with Crippen LogP contribution in [0.4, 0.5) is 0 Å². The summed E-state index contributed by atoms with van der Waals surface area (Å²) in [6.07, 6.45) is 1.97. The van der Waals surface area contributed by atoms with E-state index in [2.05, 4.69) is 5.32 Å². The zero-order chi connectivity index (χ0) is 17.9. The van der Waals surface area contributed by atoms with Crippen molar-refractivity contribution in [2.24, 2.45) is 0 Å². The number of carbonyl (C=O) groups is 1. The summed E-state index contributed by atoms with van der Waals surface area (Å²) in [7, 11) is 0. The molecule has 4 aromatic rings. The summed E-state index contributed by atoms with van der Waals surface area (Å²) in [4.78, 5) is 17.3. The van der Waals surface area contributed by atoms with Gasteiger partial charge in [-0.1, -0.05) is 54.1 Å². The molecule has 4 rings (SSSR count). The number of hydrogen-bond donors (Lipinski definition) is 1. The molecule has 0 unspecified atom stereocenters. The molecule has 1 N–H and O–H groups in total. The Bertz CT molecular complexity index is 1050. The van der Waals surface area contributed by atoms with Crippen LogP contribution in [0, 0.1) is 6.92 Å². The van der Waals surface area contributed by atoms with Gasteiger partial charge in [0.05, 0.1) is 17.9 Å². The first kappa shape index (κ1) is 16.1. The maximum absolute atomic E-state index is 12.5. The highest BCUT2D eigenvalue weighted by Gasteiger charge is 2.15. The number of aromatic nitrogens is 2. The molecule has 0 radical (unpaired) electrons. The van der Waals surface area contributed by atoms with Gasteiger partial charge in [0.25, 0.3) is 5.91 Å². The van der Waals surface area contributed by atoms with Crippen LogP contribution in [0.3, 0.4) is 0 Å². The molecule has 0 saturated carbocycles. The molecular formula is C22H19N3O. The van der Waals surface area contributed by atoms with E-state index in [1.54, 1.807) is 0 Å². The van der Waals surface area contributed by atoms with Crippen molar-refractivity contribution in [3.8, 4) is 11.3 Å². The Labute approximate surface area is 152 Å². The van der Waals surface area contributed by atoms with Crippen LogP contribution in [0.1, 0.15) is 21.6 Å². The lowest BCUT2D eigenvalue weighted by Gasteiger charge is -2.08. The summed E-state index contributed by atoms with van der Waals surface area (Å²) in [5, 5.41) is 3.02. The fourth-order valence-corrected chi connectivity index (χ4v) is 3.01. The number of imidazole rings is 1. The van der Waals surface area contributed by atoms with Gasteiger partial charge >= 0.3 is 0 Å². The van der Waals surface area contributed by atoms with Crippen molar-refractivity contribution in [2.45, 2.75) is 13.5 Å². The van der Waals surface area contributed by atoms with Crippen molar-refractivity contribution >= 4 is 11.6 Å². The molecule has 0 fully saturated rings. The van der Waals surface area contributed by atoms with Gasteiger partial charge in [0, 0.05) is 17.3 Å². The predicted molar refractivity (Wildman–Crippen MR) is 103 cm³/mol. The van der Waals surface area contributed by atoms with Crippen LogP contribution in [0.5, 0.6) is 0 Å². The molecule has 2 aromatic carbocycles. The first-order chi connectivity index (χ1) is 12.7. The van der Waals surface area contributed by atoms with Gasteiger partial charge in [0.1, 0.15) is 5.65 Å². The molecule has 0 bridgehead atoms. The molecule has 4 nitrogen and oxygen atoms in total. The van der Waals surface area contributed by atoms with Crippen LogP contribution < -0.4 is 5.32 Å². The average Bonchev–Trinajstić information content (AvgIpc) is 3.06. The molecule has 4 heteroatoms. The van der Waals surface area contributed by atoms with Gasteiger partial charge in [0.15, 0.2) is 0 Å². The molecular weight excluding hydrogens is 322 g/mol. The zero-order valence-corrected chi connectivity index (χ0v) is 14.5. The van der Waals surface area contributed by atoms with E-state index in [1.807, 2.05) is 90.3 Å². The lowest BCUT2D eigenvalue weighted by atomic mass is 10.1. The summed E-state index contributed by atoms with van der Waals surface area (Å²) < 4.78 is 2.03. The van der Waals surface area contributed by atoms with E-state index < -0.39 is 0 Å². The Morgan fingerprint density at radius 1 is 0.962 bits per heavy atom. The molecule has 0 aliphatic rings. The normalized spacial score (nSPS) is 10.8. The molecule has 2 aromatic heterocycles. The van der Waals surface area contributed by atoms with Crippen LogP contribution in [-0.2, 0) is 6.54 Å². The van der Waals surface area contributed by atoms with Crippen molar-refractivity contribution in [3.63, 3.8) is 0 Å². The number of nitrogens with one attached hydrogen (secondary N) is 1. The molecule has 0 aliphatic carbocycles. The lowest BCUT2D eigenvalue weighted by Crippen LogP contribution is -2.23. The van der Waals surface area contributed by atoms with Gasteiger partial charge < -0.3 is 9.72 Å². The smallest absolute Gasteiger partial charge is 0.251 e. The molecule has 0 saturated heterocycles. The van der Waals surface area contributed by atoms with Crippen LogP contribution in [0.25, 0.3) is 16.9 Å². The van der Waals surface area contributed by atoms with E-state index in [0.29, 0.717) is 12.1 Å². The monoisotopic (exact) mass is 341 g/mol. The topological polar surface area (TPSA) is 46.4 Å². The Balaban J connectivity index is 1.67. The zero-order valence-electron chi connectivity index (χ0n) is 14.5. The van der Waals surface area contributed by atoms with Crippen molar-refractivity contribution in [3.05, 3.63) is 95.8 Å². The molecule has 1 amide bonds. The van der Waals surface area contributed by atoms with Gasteiger partial charge in [-0.25, -0.2) is 4.98 Å². The summed E-state index contributed by atoms with van der Waals surface area (Å²) in [6, 6.07) is 23.5. The Morgan fingerprint density at radius 3 is 2.46 bits per heavy atom. The number of carbonyl (C=O) groups excluding carboxylic acids is 1. The summed E-state index contributed by atoms with van der Waals surface area (Å²) in [5.41, 5.74) is 5.55.